The molecule has 0 amide bonds. The molecular formula is C23H26N6. The third-order valence-corrected chi connectivity index (χ3v) is 5.85. The zero-order valence-corrected chi connectivity index (χ0v) is 16.8. The average Bonchev–Trinajstić information content (AvgIpc) is 3.39. The largest absolute Gasteiger partial charge is 0.366 e. The van der Waals surface area contributed by atoms with Crippen LogP contribution in [0.3, 0.4) is 0 Å². The first-order chi connectivity index (χ1) is 14.3. The number of nitrogens with one attached hydrogen (secondary N) is 1. The quantitative estimate of drug-likeness (QED) is 0.536. The van der Waals surface area contributed by atoms with Crippen LogP contribution < -0.4 is 5.32 Å². The van der Waals surface area contributed by atoms with E-state index in [-0.39, 0.29) is 0 Å². The minimum atomic E-state index is 0.530. The molecule has 1 saturated carbocycles. The van der Waals surface area contributed by atoms with Gasteiger partial charge in [-0.3, -0.25) is 4.68 Å². The normalized spacial score (nSPS) is 15.1. The van der Waals surface area contributed by atoms with Gasteiger partial charge in [-0.15, -0.1) is 0 Å². The van der Waals surface area contributed by atoms with Crippen molar-refractivity contribution in [2.45, 2.75) is 44.6 Å². The minimum absolute atomic E-state index is 0.530. The molecule has 0 saturated heterocycles. The molecule has 0 spiro atoms. The van der Waals surface area contributed by atoms with E-state index in [0.717, 1.165) is 29.1 Å². The molecule has 1 aromatic carbocycles. The standard InChI is InChI=1S/C23H26N6/c1-28-16-19(14-25-28)20-15-26-29-22(24-13-17-8-4-2-5-9-17)12-21(27-23(20)29)18-10-6-3-7-11-18/h2,4-5,8-9,12,14-16,18,24H,3,6-7,10-11,13H2,1H3. The van der Waals surface area contributed by atoms with Crippen LogP contribution >= 0.6 is 0 Å². The smallest absolute Gasteiger partial charge is 0.165 e. The summed E-state index contributed by atoms with van der Waals surface area (Å²) in [7, 11) is 1.93. The lowest BCUT2D eigenvalue weighted by molar-refractivity contribution is 0.437. The first-order valence-electron chi connectivity index (χ1n) is 10.4. The second kappa shape index (κ2) is 7.70. The van der Waals surface area contributed by atoms with Crippen LogP contribution in [-0.2, 0) is 13.6 Å². The lowest BCUT2D eigenvalue weighted by atomic mass is 9.87. The van der Waals surface area contributed by atoms with Gasteiger partial charge in [0, 0.05) is 48.6 Å². The molecule has 1 N–H and O–H groups in total. The van der Waals surface area contributed by atoms with Gasteiger partial charge in [-0.05, 0) is 18.4 Å². The topological polar surface area (TPSA) is 60.0 Å². The Morgan fingerprint density at radius 2 is 1.86 bits per heavy atom. The fourth-order valence-electron chi connectivity index (χ4n) is 4.27. The Hall–Kier alpha value is -3.15. The lowest BCUT2D eigenvalue weighted by Gasteiger charge is -2.22. The van der Waals surface area contributed by atoms with Crippen LogP contribution in [0, 0.1) is 0 Å². The number of benzene rings is 1. The molecule has 0 bridgehead atoms. The van der Waals surface area contributed by atoms with Gasteiger partial charge in [-0.1, -0.05) is 49.6 Å². The fourth-order valence-corrected chi connectivity index (χ4v) is 4.27. The average molecular weight is 387 g/mol. The number of aromatic nitrogens is 5. The Morgan fingerprint density at radius 1 is 1.03 bits per heavy atom. The van der Waals surface area contributed by atoms with E-state index >= 15 is 0 Å². The highest BCUT2D eigenvalue weighted by Crippen LogP contribution is 2.34. The predicted molar refractivity (Wildman–Crippen MR) is 115 cm³/mol. The maximum Gasteiger partial charge on any atom is 0.165 e. The van der Waals surface area contributed by atoms with E-state index in [4.69, 9.17) is 4.98 Å². The number of nitrogens with zero attached hydrogens (tertiary/aromatic N) is 5. The van der Waals surface area contributed by atoms with E-state index in [1.807, 2.05) is 40.9 Å². The first kappa shape index (κ1) is 17.9. The molecule has 0 aliphatic heterocycles. The van der Waals surface area contributed by atoms with Crippen molar-refractivity contribution in [3.63, 3.8) is 0 Å². The van der Waals surface area contributed by atoms with Crippen molar-refractivity contribution >= 4 is 11.5 Å². The van der Waals surface area contributed by atoms with Crippen LogP contribution in [0.25, 0.3) is 16.8 Å². The van der Waals surface area contributed by atoms with Crippen molar-refractivity contribution in [1.82, 2.24) is 24.4 Å². The molecule has 4 aromatic rings. The number of hydrogen-bond donors (Lipinski definition) is 1. The third-order valence-electron chi connectivity index (χ3n) is 5.85. The van der Waals surface area contributed by atoms with E-state index in [1.54, 1.807) is 0 Å². The maximum absolute atomic E-state index is 5.08. The van der Waals surface area contributed by atoms with Crippen molar-refractivity contribution in [3.05, 3.63) is 66.2 Å². The molecule has 1 fully saturated rings. The Labute approximate surface area is 170 Å². The lowest BCUT2D eigenvalue weighted by Crippen LogP contribution is -2.11. The van der Waals surface area contributed by atoms with Crippen LogP contribution in [0.15, 0.2) is 55.0 Å². The summed E-state index contributed by atoms with van der Waals surface area (Å²) >= 11 is 0. The maximum atomic E-state index is 5.08. The Kier molecular flexibility index (Phi) is 4.76. The number of rotatable bonds is 5. The van der Waals surface area contributed by atoms with Gasteiger partial charge in [0.1, 0.15) is 5.82 Å². The van der Waals surface area contributed by atoms with Crippen LogP contribution in [-0.4, -0.2) is 24.4 Å². The molecule has 6 heteroatoms. The predicted octanol–water partition coefficient (Wildman–Crippen LogP) is 4.79. The highest BCUT2D eigenvalue weighted by Gasteiger charge is 2.21. The SMILES string of the molecule is Cn1cc(-c2cnn3c(NCc4ccccc4)cc(C4CCCCC4)nc23)cn1. The van der Waals surface area contributed by atoms with Crippen LogP contribution in [0.1, 0.15) is 49.3 Å². The van der Waals surface area contributed by atoms with Gasteiger partial charge in [0.25, 0.3) is 0 Å². The van der Waals surface area contributed by atoms with Crippen LogP contribution in [0.4, 0.5) is 5.82 Å². The van der Waals surface area contributed by atoms with Gasteiger partial charge in [-0.2, -0.15) is 14.7 Å². The summed E-state index contributed by atoms with van der Waals surface area (Å²) in [4.78, 5) is 5.08. The third kappa shape index (κ3) is 3.62. The second-order valence-corrected chi connectivity index (χ2v) is 7.94. The van der Waals surface area contributed by atoms with Crippen molar-refractivity contribution in [3.8, 4) is 11.1 Å². The van der Waals surface area contributed by atoms with Gasteiger partial charge in [-0.25, -0.2) is 4.98 Å². The van der Waals surface area contributed by atoms with Crippen LogP contribution in [0.2, 0.25) is 0 Å². The summed E-state index contributed by atoms with van der Waals surface area (Å²) < 4.78 is 3.75. The molecule has 0 unspecified atom stereocenters. The molecular weight excluding hydrogens is 360 g/mol. The highest BCUT2D eigenvalue weighted by atomic mass is 15.3. The number of hydrogen-bond acceptors (Lipinski definition) is 4. The Bertz CT molecular complexity index is 1110. The molecule has 0 radical (unpaired) electrons. The highest BCUT2D eigenvalue weighted by molar-refractivity contribution is 5.77. The first-order valence-corrected chi connectivity index (χ1v) is 10.4. The number of anilines is 1. The molecule has 0 atom stereocenters. The summed E-state index contributed by atoms with van der Waals surface area (Å²) in [6, 6.07) is 12.7. The van der Waals surface area contributed by atoms with Crippen LogP contribution in [0.5, 0.6) is 0 Å². The van der Waals surface area contributed by atoms with E-state index < -0.39 is 0 Å². The van der Waals surface area contributed by atoms with Crippen molar-refractivity contribution in [2.75, 3.05) is 5.32 Å². The van der Waals surface area contributed by atoms with Crippen molar-refractivity contribution < 1.29 is 0 Å². The van der Waals surface area contributed by atoms with Crippen molar-refractivity contribution in [2.24, 2.45) is 7.05 Å². The number of aryl methyl sites for hydroxylation is 1. The molecule has 3 aromatic heterocycles. The summed E-state index contributed by atoms with van der Waals surface area (Å²) in [6.45, 7) is 0.756. The summed E-state index contributed by atoms with van der Waals surface area (Å²) in [5, 5.41) is 12.6. The Balaban J connectivity index is 1.57. The molecule has 29 heavy (non-hydrogen) atoms. The van der Waals surface area contributed by atoms with E-state index in [9.17, 15) is 0 Å². The molecule has 1 aliphatic carbocycles. The molecule has 5 rings (SSSR count). The summed E-state index contributed by atoms with van der Waals surface area (Å²) in [5.41, 5.74) is 5.40. The Morgan fingerprint density at radius 3 is 2.62 bits per heavy atom. The summed E-state index contributed by atoms with van der Waals surface area (Å²) in [6.07, 6.45) is 12.2. The van der Waals surface area contributed by atoms with E-state index in [0.29, 0.717) is 5.92 Å². The van der Waals surface area contributed by atoms with Gasteiger partial charge < -0.3 is 5.32 Å². The number of fused-ring (bicyclic) bond motifs is 1. The van der Waals surface area contributed by atoms with E-state index in [1.165, 1.54) is 43.4 Å². The fraction of sp³-hybridized carbons (Fsp3) is 0.348. The second-order valence-electron chi connectivity index (χ2n) is 7.94. The van der Waals surface area contributed by atoms with Gasteiger partial charge >= 0.3 is 0 Å². The molecule has 148 valence electrons. The van der Waals surface area contributed by atoms with Gasteiger partial charge in [0.05, 0.1) is 12.4 Å². The minimum Gasteiger partial charge on any atom is -0.366 e. The molecule has 1 aliphatic rings. The summed E-state index contributed by atoms with van der Waals surface area (Å²) in [5.74, 6) is 1.53. The molecule has 3 heterocycles. The monoisotopic (exact) mass is 386 g/mol. The van der Waals surface area contributed by atoms with Crippen molar-refractivity contribution in [1.29, 1.82) is 0 Å². The van der Waals surface area contributed by atoms with E-state index in [2.05, 4.69) is 45.8 Å². The van der Waals surface area contributed by atoms with Gasteiger partial charge in [0.2, 0.25) is 0 Å². The zero-order chi connectivity index (χ0) is 19.6. The molecule has 6 nitrogen and oxygen atoms in total. The van der Waals surface area contributed by atoms with Gasteiger partial charge in [0.15, 0.2) is 5.65 Å². The zero-order valence-electron chi connectivity index (χ0n) is 16.8.